The molecule has 0 spiro atoms. The van der Waals surface area contributed by atoms with Crippen LogP contribution in [0.1, 0.15) is 46.8 Å². The van der Waals surface area contributed by atoms with Crippen LogP contribution in [0.5, 0.6) is 0 Å². The fourth-order valence-electron chi connectivity index (χ4n) is 2.09. The van der Waals surface area contributed by atoms with Crippen molar-refractivity contribution in [2.45, 2.75) is 46.6 Å². The van der Waals surface area contributed by atoms with Crippen LogP contribution >= 0.6 is 0 Å². The van der Waals surface area contributed by atoms with Crippen LogP contribution in [-0.4, -0.2) is 5.11 Å². The van der Waals surface area contributed by atoms with E-state index >= 15 is 0 Å². The Morgan fingerprint density at radius 3 is 2.12 bits per heavy atom. The number of aliphatic hydroxyl groups is 1. The third-order valence-corrected chi connectivity index (χ3v) is 3.29. The van der Waals surface area contributed by atoms with Gasteiger partial charge in [-0.2, -0.15) is 5.26 Å². The second-order valence-corrected chi connectivity index (χ2v) is 4.39. The summed E-state index contributed by atoms with van der Waals surface area (Å²) in [6, 6.07) is 4.22. The van der Waals surface area contributed by atoms with Gasteiger partial charge in [-0.05, 0) is 61.9 Å². The molecule has 0 radical (unpaired) electrons. The molecule has 0 amide bonds. The van der Waals surface area contributed by atoms with Crippen LogP contribution in [-0.2, 0) is 0 Å². The SMILES string of the molecule is Cc1cc(C)c(C)c(C(O)CCC#N)c1C. The normalized spacial score (nSPS) is 12.2. The lowest BCUT2D eigenvalue weighted by Crippen LogP contribution is -2.06. The van der Waals surface area contributed by atoms with Gasteiger partial charge in [-0.25, -0.2) is 0 Å². The zero-order chi connectivity index (χ0) is 12.3. The predicted octanol–water partition coefficient (Wildman–Crippen LogP) is 3.26. The van der Waals surface area contributed by atoms with Crippen LogP contribution < -0.4 is 0 Å². The van der Waals surface area contributed by atoms with Crippen molar-refractivity contribution in [1.82, 2.24) is 0 Å². The van der Waals surface area contributed by atoms with Crippen molar-refractivity contribution in [3.8, 4) is 6.07 Å². The zero-order valence-corrected chi connectivity index (χ0v) is 10.5. The number of hydrogen-bond acceptors (Lipinski definition) is 2. The van der Waals surface area contributed by atoms with E-state index in [1.54, 1.807) is 0 Å². The van der Waals surface area contributed by atoms with Crippen molar-refractivity contribution >= 4 is 0 Å². The Morgan fingerprint density at radius 2 is 1.69 bits per heavy atom. The monoisotopic (exact) mass is 217 g/mol. The standard InChI is InChI=1S/C14H19NO/c1-9-8-10(2)12(4)14(11(9)3)13(16)6-5-7-15/h8,13,16H,5-6H2,1-4H3. The summed E-state index contributed by atoms with van der Waals surface area (Å²) in [5, 5.41) is 18.7. The highest BCUT2D eigenvalue weighted by Crippen LogP contribution is 2.29. The van der Waals surface area contributed by atoms with Crippen molar-refractivity contribution in [2.75, 3.05) is 0 Å². The van der Waals surface area contributed by atoms with E-state index in [-0.39, 0.29) is 0 Å². The molecule has 86 valence electrons. The molecule has 1 rings (SSSR count). The molecule has 0 heterocycles. The minimum absolute atomic E-state index is 0.396. The van der Waals surface area contributed by atoms with E-state index in [1.807, 2.05) is 13.8 Å². The summed E-state index contributed by atoms with van der Waals surface area (Å²) in [6.45, 7) is 8.18. The number of aryl methyl sites for hydroxylation is 2. The zero-order valence-electron chi connectivity index (χ0n) is 10.5. The van der Waals surface area contributed by atoms with Gasteiger partial charge in [-0.15, -0.1) is 0 Å². The molecule has 0 fully saturated rings. The smallest absolute Gasteiger partial charge is 0.0805 e. The Bertz CT molecular complexity index is 403. The van der Waals surface area contributed by atoms with Crippen LogP contribution in [0, 0.1) is 39.0 Å². The maximum Gasteiger partial charge on any atom is 0.0805 e. The Kier molecular flexibility index (Phi) is 4.09. The maximum absolute atomic E-state index is 10.1. The summed E-state index contributed by atoms with van der Waals surface area (Å²) in [6.07, 6.45) is 0.395. The average molecular weight is 217 g/mol. The summed E-state index contributed by atoms with van der Waals surface area (Å²) in [4.78, 5) is 0. The second-order valence-electron chi connectivity index (χ2n) is 4.39. The predicted molar refractivity (Wildman–Crippen MR) is 65.2 cm³/mol. The van der Waals surface area contributed by atoms with Gasteiger partial charge in [0.15, 0.2) is 0 Å². The largest absolute Gasteiger partial charge is 0.388 e. The number of benzene rings is 1. The molecule has 16 heavy (non-hydrogen) atoms. The van der Waals surface area contributed by atoms with E-state index in [9.17, 15) is 5.11 Å². The van der Waals surface area contributed by atoms with Gasteiger partial charge in [0.1, 0.15) is 0 Å². The van der Waals surface area contributed by atoms with Crippen LogP contribution in [0.2, 0.25) is 0 Å². The Hall–Kier alpha value is -1.33. The number of nitriles is 1. The number of aliphatic hydroxyl groups excluding tert-OH is 1. The van der Waals surface area contributed by atoms with E-state index in [0.29, 0.717) is 12.8 Å². The first-order valence-electron chi connectivity index (χ1n) is 5.61. The molecular formula is C14H19NO. The van der Waals surface area contributed by atoms with E-state index < -0.39 is 6.10 Å². The Labute approximate surface area is 97.5 Å². The van der Waals surface area contributed by atoms with Crippen molar-refractivity contribution in [1.29, 1.82) is 5.26 Å². The van der Waals surface area contributed by atoms with Crippen molar-refractivity contribution in [2.24, 2.45) is 0 Å². The first kappa shape index (κ1) is 12.7. The average Bonchev–Trinajstić information content (AvgIpc) is 2.24. The fourth-order valence-corrected chi connectivity index (χ4v) is 2.09. The summed E-state index contributed by atoms with van der Waals surface area (Å²) >= 11 is 0. The molecule has 0 bridgehead atoms. The van der Waals surface area contributed by atoms with E-state index in [2.05, 4.69) is 26.0 Å². The lowest BCUT2D eigenvalue weighted by Gasteiger charge is -2.19. The third kappa shape index (κ3) is 2.43. The van der Waals surface area contributed by atoms with Gasteiger partial charge in [0.05, 0.1) is 12.2 Å². The molecule has 0 saturated heterocycles. The van der Waals surface area contributed by atoms with Gasteiger partial charge in [-0.3, -0.25) is 0 Å². The van der Waals surface area contributed by atoms with E-state index in [0.717, 1.165) is 16.7 Å². The molecule has 0 aliphatic heterocycles. The first-order chi connectivity index (χ1) is 7.49. The Balaban J connectivity index is 3.17. The summed E-state index contributed by atoms with van der Waals surface area (Å²) in [5.41, 5.74) is 5.71. The number of nitrogens with zero attached hydrogens (tertiary/aromatic N) is 1. The van der Waals surface area contributed by atoms with Crippen molar-refractivity contribution in [3.63, 3.8) is 0 Å². The molecule has 1 aromatic rings. The molecule has 1 unspecified atom stereocenters. The van der Waals surface area contributed by atoms with Gasteiger partial charge in [0, 0.05) is 6.42 Å². The van der Waals surface area contributed by atoms with Crippen LogP contribution in [0.15, 0.2) is 6.07 Å². The quantitative estimate of drug-likeness (QED) is 0.844. The first-order valence-corrected chi connectivity index (χ1v) is 5.61. The van der Waals surface area contributed by atoms with Gasteiger partial charge >= 0.3 is 0 Å². The highest BCUT2D eigenvalue weighted by Gasteiger charge is 2.15. The van der Waals surface area contributed by atoms with Gasteiger partial charge in [0.2, 0.25) is 0 Å². The van der Waals surface area contributed by atoms with Crippen LogP contribution in [0.25, 0.3) is 0 Å². The number of rotatable bonds is 3. The molecule has 1 aromatic carbocycles. The summed E-state index contributed by atoms with van der Waals surface area (Å²) < 4.78 is 0. The molecular weight excluding hydrogens is 198 g/mol. The highest BCUT2D eigenvalue weighted by atomic mass is 16.3. The maximum atomic E-state index is 10.1. The van der Waals surface area contributed by atoms with Crippen molar-refractivity contribution in [3.05, 3.63) is 33.9 Å². The number of hydrogen-bond donors (Lipinski definition) is 1. The molecule has 0 aliphatic rings. The second kappa shape index (κ2) is 5.14. The Morgan fingerprint density at radius 1 is 1.19 bits per heavy atom. The molecule has 2 heteroatoms. The summed E-state index contributed by atoms with van der Waals surface area (Å²) in [7, 11) is 0. The van der Waals surface area contributed by atoms with Crippen molar-refractivity contribution < 1.29 is 5.11 Å². The lowest BCUT2D eigenvalue weighted by molar-refractivity contribution is 0.167. The minimum atomic E-state index is -0.516. The van der Waals surface area contributed by atoms with Crippen LogP contribution in [0.4, 0.5) is 0 Å². The molecule has 1 N–H and O–H groups in total. The van der Waals surface area contributed by atoms with E-state index in [4.69, 9.17) is 5.26 Å². The highest BCUT2D eigenvalue weighted by molar-refractivity contribution is 5.45. The van der Waals surface area contributed by atoms with Gasteiger partial charge in [-0.1, -0.05) is 6.07 Å². The van der Waals surface area contributed by atoms with E-state index in [1.165, 1.54) is 11.1 Å². The molecule has 1 atom stereocenters. The summed E-state index contributed by atoms with van der Waals surface area (Å²) in [5.74, 6) is 0. The minimum Gasteiger partial charge on any atom is -0.388 e. The lowest BCUT2D eigenvalue weighted by atomic mass is 9.89. The third-order valence-electron chi connectivity index (χ3n) is 3.29. The fraction of sp³-hybridized carbons (Fsp3) is 0.500. The van der Waals surface area contributed by atoms with Gasteiger partial charge < -0.3 is 5.11 Å². The molecule has 2 nitrogen and oxygen atoms in total. The molecule has 0 aliphatic carbocycles. The molecule has 0 aromatic heterocycles. The van der Waals surface area contributed by atoms with Gasteiger partial charge in [0.25, 0.3) is 0 Å². The van der Waals surface area contributed by atoms with Crippen LogP contribution in [0.3, 0.4) is 0 Å². The topological polar surface area (TPSA) is 44.0 Å². The molecule has 0 saturated carbocycles.